The molecule has 1 N–H and O–H groups in total. The first-order chi connectivity index (χ1) is 5.77. The van der Waals surface area contributed by atoms with Crippen molar-refractivity contribution < 1.29 is 0 Å². The minimum Gasteiger partial charge on any atom is -0.316 e. The van der Waals surface area contributed by atoms with E-state index >= 15 is 0 Å². The lowest BCUT2D eigenvalue weighted by atomic mass is 10.2. The Morgan fingerprint density at radius 1 is 1.58 bits per heavy atom. The standard InChI is InChI=1S/C8H9BrN2O/c1-10-5-6-4-7(11-12)2-3-8(6)9/h2-4,10H,5H2,1H3. The van der Waals surface area contributed by atoms with E-state index in [1.54, 1.807) is 12.1 Å². The highest BCUT2D eigenvalue weighted by molar-refractivity contribution is 9.10. The molecule has 0 atom stereocenters. The van der Waals surface area contributed by atoms with Gasteiger partial charge in [0.15, 0.2) is 0 Å². The average molecular weight is 229 g/mol. The zero-order valence-corrected chi connectivity index (χ0v) is 8.26. The summed E-state index contributed by atoms with van der Waals surface area (Å²) in [5.41, 5.74) is 1.50. The number of nitroso groups, excluding NO2 is 1. The quantitative estimate of drug-likeness (QED) is 0.809. The van der Waals surface area contributed by atoms with Crippen LogP contribution in [0.4, 0.5) is 5.69 Å². The van der Waals surface area contributed by atoms with Crippen molar-refractivity contribution in [3.8, 4) is 0 Å². The Morgan fingerprint density at radius 3 is 2.92 bits per heavy atom. The van der Waals surface area contributed by atoms with Crippen molar-refractivity contribution in [2.24, 2.45) is 5.18 Å². The topological polar surface area (TPSA) is 41.5 Å². The van der Waals surface area contributed by atoms with Crippen molar-refractivity contribution in [3.05, 3.63) is 33.1 Å². The van der Waals surface area contributed by atoms with Gasteiger partial charge in [-0.3, -0.25) is 0 Å². The molecule has 0 saturated carbocycles. The van der Waals surface area contributed by atoms with Crippen LogP contribution < -0.4 is 5.32 Å². The normalized spacial score (nSPS) is 9.83. The molecule has 0 aliphatic heterocycles. The van der Waals surface area contributed by atoms with Gasteiger partial charge in [0, 0.05) is 11.0 Å². The van der Waals surface area contributed by atoms with E-state index in [9.17, 15) is 4.91 Å². The van der Waals surface area contributed by atoms with E-state index in [4.69, 9.17) is 0 Å². The van der Waals surface area contributed by atoms with Gasteiger partial charge >= 0.3 is 0 Å². The van der Waals surface area contributed by atoms with Gasteiger partial charge < -0.3 is 5.32 Å². The fourth-order valence-electron chi connectivity index (χ4n) is 0.944. The first-order valence-electron chi connectivity index (χ1n) is 3.54. The van der Waals surface area contributed by atoms with Gasteiger partial charge in [0.2, 0.25) is 0 Å². The SMILES string of the molecule is CNCc1cc(N=O)ccc1Br. The molecule has 0 aromatic heterocycles. The van der Waals surface area contributed by atoms with Gasteiger partial charge in [-0.2, -0.15) is 0 Å². The van der Waals surface area contributed by atoms with Gasteiger partial charge in [0.25, 0.3) is 0 Å². The zero-order valence-electron chi connectivity index (χ0n) is 6.67. The molecular formula is C8H9BrN2O. The van der Waals surface area contributed by atoms with Gasteiger partial charge in [-0.15, -0.1) is 4.91 Å². The van der Waals surface area contributed by atoms with Crippen molar-refractivity contribution in [2.45, 2.75) is 6.54 Å². The molecule has 0 aliphatic carbocycles. The van der Waals surface area contributed by atoms with Crippen LogP contribution in [0.25, 0.3) is 0 Å². The Kier molecular flexibility index (Phi) is 3.37. The van der Waals surface area contributed by atoms with Crippen molar-refractivity contribution in [2.75, 3.05) is 7.05 Å². The molecule has 1 rings (SSSR count). The maximum atomic E-state index is 10.2. The summed E-state index contributed by atoms with van der Waals surface area (Å²) in [6.45, 7) is 0.726. The predicted octanol–water partition coefficient (Wildman–Crippen LogP) is 2.57. The second-order valence-corrected chi connectivity index (χ2v) is 3.25. The minimum atomic E-state index is 0.462. The van der Waals surface area contributed by atoms with E-state index in [0.717, 1.165) is 16.6 Å². The molecule has 1 aromatic rings. The largest absolute Gasteiger partial charge is 0.316 e. The van der Waals surface area contributed by atoms with Gasteiger partial charge in [0.1, 0.15) is 5.69 Å². The van der Waals surface area contributed by atoms with Crippen molar-refractivity contribution in [3.63, 3.8) is 0 Å². The monoisotopic (exact) mass is 228 g/mol. The Morgan fingerprint density at radius 2 is 2.33 bits per heavy atom. The molecule has 12 heavy (non-hydrogen) atoms. The molecule has 4 heteroatoms. The van der Waals surface area contributed by atoms with E-state index < -0.39 is 0 Å². The highest BCUT2D eigenvalue weighted by Gasteiger charge is 2.00. The number of hydrogen-bond donors (Lipinski definition) is 1. The van der Waals surface area contributed by atoms with Gasteiger partial charge in [-0.25, -0.2) is 0 Å². The summed E-state index contributed by atoms with van der Waals surface area (Å²) in [6, 6.07) is 5.26. The van der Waals surface area contributed by atoms with Crippen LogP contribution in [0.5, 0.6) is 0 Å². The van der Waals surface area contributed by atoms with Crippen LogP contribution in [0.3, 0.4) is 0 Å². The molecule has 3 nitrogen and oxygen atoms in total. The van der Waals surface area contributed by atoms with Gasteiger partial charge in [-0.1, -0.05) is 15.9 Å². The van der Waals surface area contributed by atoms with Crippen LogP contribution in [0.2, 0.25) is 0 Å². The lowest BCUT2D eigenvalue weighted by Gasteiger charge is -2.02. The summed E-state index contributed by atoms with van der Waals surface area (Å²) < 4.78 is 0.990. The summed E-state index contributed by atoms with van der Waals surface area (Å²) in [4.78, 5) is 10.2. The molecule has 0 heterocycles. The fraction of sp³-hybridized carbons (Fsp3) is 0.250. The highest BCUT2D eigenvalue weighted by atomic mass is 79.9. The Balaban J connectivity index is 2.99. The highest BCUT2D eigenvalue weighted by Crippen LogP contribution is 2.22. The minimum absolute atomic E-state index is 0.462. The summed E-state index contributed by atoms with van der Waals surface area (Å²) >= 11 is 3.38. The number of rotatable bonds is 3. The maximum absolute atomic E-state index is 10.2. The predicted molar refractivity (Wildman–Crippen MR) is 52.4 cm³/mol. The number of halogens is 1. The van der Waals surface area contributed by atoms with E-state index in [0.29, 0.717) is 5.69 Å². The average Bonchev–Trinajstić information content (AvgIpc) is 2.09. The molecule has 1 aromatic carbocycles. The molecule has 0 saturated heterocycles. The first kappa shape index (κ1) is 9.35. The van der Waals surface area contributed by atoms with E-state index in [1.165, 1.54) is 0 Å². The Bertz CT molecular complexity index is 288. The number of nitrogens with one attached hydrogen (secondary N) is 1. The van der Waals surface area contributed by atoms with Crippen LogP contribution in [0, 0.1) is 4.91 Å². The van der Waals surface area contributed by atoms with Crippen LogP contribution in [0.1, 0.15) is 5.56 Å². The molecule has 0 amide bonds. The van der Waals surface area contributed by atoms with Crippen molar-refractivity contribution in [1.29, 1.82) is 0 Å². The molecule has 0 unspecified atom stereocenters. The first-order valence-corrected chi connectivity index (χ1v) is 4.33. The third-order valence-electron chi connectivity index (χ3n) is 1.50. The molecule has 0 radical (unpaired) electrons. The third kappa shape index (κ3) is 2.12. The molecular weight excluding hydrogens is 220 g/mol. The second kappa shape index (κ2) is 4.33. The smallest absolute Gasteiger partial charge is 0.108 e. The Labute approximate surface area is 79.3 Å². The van der Waals surface area contributed by atoms with E-state index in [-0.39, 0.29) is 0 Å². The van der Waals surface area contributed by atoms with Gasteiger partial charge in [-0.05, 0) is 36.0 Å². The number of hydrogen-bond acceptors (Lipinski definition) is 3. The lowest BCUT2D eigenvalue weighted by molar-refractivity contribution is 0.814. The van der Waals surface area contributed by atoms with Crippen LogP contribution in [-0.4, -0.2) is 7.05 Å². The van der Waals surface area contributed by atoms with E-state index in [1.807, 2.05) is 13.1 Å². The third-order valence-corrected chi connectivity index (χ3v) is 2.28. The second-order valence-electron chi connectivity index (χ2n) is 2.40. The maximum Gasteiger partial charge on any atom is 0.108 e. The summed E-state index contributed by atoms with van der Waals surface area (Å²) in [7, 11) is 1.85. The number of nitrogens with zero attached hydrogens (tertiary/aromatic N) is 1. The molecule has 0 spiro atoms. The number of benzene rings is 1. The summed E-state index contributed by atoms with van der Waals surface area (Å²) in [5, 5.41) is 5.86. The van der Waals surface area contributed by atoms with Crippen LogP contribution in [-0.2, 0) is 6.54 Å². The summed E-state index contributed by atoms with van der Waals surface area (Å²) in [6.07, 6.45) is 0. The van der Waals surface area contributed by atoms with E-state index in [2.05, 4.69) is 26.4 Å². The molecule has 0 aliphatic rings. The van der Waals surface area contributed by atoms with Crippen molar-refractivity contribution >= 4 is 21.6 Å². The molecule has 0 bridgehead atoms. The summed E-state index contributed by atoms with van der Waals surface area (Å²) in [5.74, 6) is 0. The zero-order chi connectivity index (χ0) is 8.97. The van der Waals surface area contributed by atoms with Gasteiger partial charge in [0.05, 0.1) is 0 Å². The fourth-order valence-corrected chi connectivity index (χ4v) is 1.33. The van der Waals surface area contributed by atoms with Crippen LogP contribution in [0.15, 0.2) is 27.8 Å². The Hall–Kier alpha value is -0.740. The van der Waals surface area contributed by atoms with Crippen molar-refractivity contribution in [1.82, 2.24) is 5.32 Å². The van der Waals surface area contributed by atoms with Crippen LogP contribution >= 0.6 is 15.9 Å². The molecule has 64 valence electrons. The molecule has 0 fully saturated rings. The lowest BCUT2D eigenvalue weighted by Crippen LogP contribution is -2.05.